The maximum atomic E-state index is 5.71. The first kappa shape index (κ1) is 15.6. The lowest BCUT2D eigenvalue weighted by molar-refractivity contribution is 0.340. The van der Waals surface area contributed by atoms with Crippen LogP contribution in [0.4, 0.5) is 5.69 Å². The zero-order valence-electron chi connectivity index (χ0n) is 13.5. The van der Waals surface area contributed by atoms with E-state index in [1.54, 1.807) is 0 Å². The molecule has 0 radical (unpaired) electrons. The highest BCUT2D eigenvalue weighted by Gasteiger charge is 2.28. The fraction of sp³-hybridized carbons (Fsp3) is 0.316. The van der Waals surface area contributed by atoms with E-state index in [2.05, 4.69) is 29.3 Å². The predicted octanol–water partition coefficient (Wildman–Crippen LogP) is 3.74. The van der Waals surface area contributed by atoms with Gasteiger partial charge in [-0.25, -0.2) is 0 Å². The molecule has 3 rings (SSSR count). The van der Waals surface area contributed by atoms with E-state index in [1.807, 2.05) is 37.3 Å². The molecule has 2 aromatic carbocycles. The Bertz CT molecular complexity index is 652. The van der Waals surface area contributed by atoms with Crippen molar-refractivity contribution in [1.82, 2.24) is 0 Å². The number of hydrogen-bond donors (Lipinski definition) is 1. The van der Waals surface area contributed by atoms with Crippen LogP contribution in [0.3, 0.4) is 0 Å². The van der Waals surface area contributed by atoms with E-state index >= 15 is 0 Å². The van der Waals surface area contributed by atoms with Crippen LogP contribution < -0.4 is 15.5 Å². The van der Waals surface area contributed by atoms with Crippen LogP contribution in [0.2, 0.25) is 0 Å². The van der Waals surface area contributed by atoms with Crippen molar-refractivity contribution in [3.05, 3.63) is 60.2 Å². The maximum Gasteiger partial charge on any atom is 0.119 e. The number of anilines is 1. The molecule has 0 saturated heterocycles. The van der Waals surface area contributed by atoms with Crippen LogP contribution >= 0.6 is 0 Å². The summed E-state index contributed by atoms with van der Waals surface area (Å²) in [6, 6.07) is 18.8. The molecule has 2 aromatic rings. The van der Waals surface area contributed by atoms with Gasteiger partial charge in [0.05, 0.1) is 18.3 Å². The predicted molar refractivity (Wildman–Crippen MR) is 95.0 cm³/mol. The molecule has 4 heteroatoms. The van der Waals surface area contributed by atoms with Gasteiger partial charge in [0, 0.05) is 12.1 Å². The summed E-state index contributed by atoms with van der Waals surface area (Å²) in [5, 5.41) is 6.92. The molecule has 0 fully saturated rings. The van der Waals surface area contributed by atoms with Crippen LogP contribution in [0.25, 0.3) is 0 Å². The first-order valence-electron chi connectivity index (χ1n) is 8.15. The third-order valence-electron chi connectivity index (χ3n) is 4.00. The highest BCUT2D eigenvalue weighted by Crippen LogP contribution is 2.36. The van der Waals surface area contributed by atoms with Crippen molar-refractivity contribution in [2.24, 2.45) is 10.8 Å². The summed E-state index contributed by atoms with van der Waals surface area (Å²) < 4.78 is 5.54. The van der Waals surface area contributed by atoms with Crippen molar-refractivity contribution < 1.29 is 4.74 Å². The minimum atomic E-state index is 0.217. The van der Waals surface area contributed by atoms with Gasteiger partial charge in [-0.05, 0) is 49.7 Å². The summed E-state index contributed by atoms with van der Waals surface area (Å²) in [7, 11) is 0. The minimum absolute atomic E-state index is 0.217. The van der Waals surface area contributed by atoms with Gasteiger partial charge in [0.25, 0.3) is 0 Å². The van der Waals surface area contributed by atoms with Crippen LogP contribution in [-0.2, 0) is 0 Å². The number of ether oxygens (including phenoxy) is 1. The quantitative estimate of drug-likeness (QED) is 0.884. The molecule has 0 aromatic heterocycles. The monoisotopic (exact) mass is 309 g/mol. The number of rotatable bonds is 6. The van der Waals surface area contributed by atoms with Gasteiger partial charge >= 0.3 is 0 Å². The van der Waals surface area contributed by atoms with Crippen LogP contribution in [0.15, 0.2) is 59.7 Å². The Labute approximate surface area is 137 Å². The Morgan fingerprint density at radius 2 is 1.87 bits per heavy atom. The van der Waals surface area contributed by atoms with Crippen LogP contribution in [-0.4, -0.2) is 18.9 Å². The first-order valence-corrected chi connectivity index (χ1v) is 8.15. The van der Waals surface area contributed by atoms with Crippen molar-refractivity contribution in [3.63, 3.8) is 0 Å². The third kappa shape index (κ3) is 3.54. The van der Waals surface area contributed by atoms with Crippen LogP contribution in [0.5, 0.6) is 5.75 Å². The molecule has 1 atom stereocenters. The molecule has 0 amide bonds. The second-order valence-electron chi connectivity index (χ2n) is 5.61. The fourth-order valence-corrected chi connectivity index (χ4v) is 2.92. The van der Waals surface area contributed by atoms with E-state index in [0.29, 0.717) is 13.2 Å². The molecule has 4 nitrogen and oxygen atoms in total. The average molecular weight is 309 g/mol. The van der Waals surface area contributed by atoms with Crippen molar-refractivity contribution >= 4 is 11.4 Å². The minimum Gasteiger partial charge on any atom is -0.494 e. The molecular weight excluding hydrogens is 286 g/mol. The number of hydrazone groups is 1. The van der Waals surface area contributed by atoms with Gasteiger partial charge in [0.2, 0.25) is 0 Å². The Morgan fingerprint density at radius 1 is 1.13 bits per heavy atom. The molecular formula is C19H23N3O. The first-order chi connectivity index (χ1) is 11.3. The lowest BCUT2D eigenvalue weighted by Gasteiger charge is -2.24. The van der Waals surface area contributed by atoms with E-state index in [4.69, 9.17) is 15.6 Å². The van der Waals surface area contributed by atoms with Crippen LogP contribution in [0.1, 0.15) is 31.4 Å². The molecule has 23 heavy (non-hydrogen) atoms. The van der Waals surface area contributed by atoms with Gasteiger partial charge in [-0.15, -0.1) is 0 Å². The molecule has 1 unspecified atom stereocenters. The summed E-state index contributed by atoms with van der Waals surface area (Å²) in [4.78, 5) is 0. The van der Waals surface area contributed by atoms with Gasteiger partial charge in [0.15, 0.2) is 0 Å². The zero-order chi connectivity index (χ0) is 16.1. The summed E-state index contributed by atoms with van der Waals surface area (Å²) in [5.41, 5.74) is 9.23. The third-order valence-corrected chi connectivity index (χ3v) is 4.00. The van der Waals surface area contributed by atoms with E-state index in [0.717, 1.165) is 30.0 Å². The lowest BCUT2D eigenvalue weighted by Crippen LogP contribution is -2.18. The summed E-state index contributed by atoms with van der Waals surface area (Å²) in [6.07, 6.45) is 1.76. The number of hydrogen-bond acceptors (Lipinski definition) is 4. The molecule has 2 N–H and O–H groups in total. The maximum absolute atomic E-state index is 5.71. The van der Waals surface area contributed by atoms with E-state index < -0.39 is 0 Å². The van der Waals surface area contributed by atoms with Gasteiger partial charge in [0.1, 0.15) is 5.75 Å². The van der Waals surface area contributed by atoms with Crippen LogP contribution in [0, 0.1) is 0 Å². The van der Waals surface area contributed by atoms with Crippen molar-refractivity contribution in [1.29, 1.82) is 0 Å². The Hall–Kier alpha value is -2.33. The normalized spacial score (nSPS) is 17.2. The second kappa shape index (κ2) is 7.29. The smallest absolute Gasteiger partial charge is 0.119 e. The topological polar surface area (TPSA) is 50.9 Å². The molecule has 1 aliphatic rings. The number of para-hydroxylation sites is 1. The average Bonchev–Trinajstić information content (AvgIpc) is 3.01. The van der Waals surface area contributed by atoms with Crippen molar-refractivity contribution in [3.8, 4) is 5.75 Å². The second-order valence-corrected chi connectivity index (χ2v) is 5.61. The Balaban J connectivity index is 1.87. The fourth-order valence-electron chi connectivity index (χ4n) is 2.92. The molecule has 0 bridgehead atoms. The lowest BCUT2D eigenvalue weighted by atomic mass is 10.00. The van der Waals surface area contributed by atoms with Gasteiger partial charge in [-0.1, -0.05) is 30.3 Å². The zero-order valence-corrected chi connectivity index (χ0v) is 13.5. The van der Waals surface area contributed by atoms with Gasteiger partial charge in [-0.2, -0.15) is 5.10 Å². The Kier molecular flexibility index (Phi) is 4.93. The standard InChI is InChI=1S/C19H23N3O/c1-2-23-18-10-8-15(9-11-18)19-14-16(12-13-20)21-22(19)17-6-4-3-5-7-17/h3-11,19H,2,12-14,20H2,1H3. The van der Waals surface area contributed by atoms with Gasteiger partial charge < -0.3 is 10.5 Å². The number of nitrogens with zero attached hydrogens (tertiary/aromatic N) is 2. The van der Waals surface area contributed by atoms with E-state index in [-0.39, 0.29) is 6.04 Å². The largest absolute Gasteiger partial charge is 0.494 e. The number of nitrogens with two attached hydrogens (primary N) is 1. The molecule has 0 saturated carbocycles. The summed E-state index contributed by atoms with van der Waals surface area (Å²) >= 11 is 0. The molecule has 0 spiro atoms. The van der Waals surface area contributed by atoms with Crippen molar-refractivity contribution in [2.75, 3.05) is 18.2 Å². The highest BCUT2D eigenvalue weighted by atomic mass is 16.5. The molecule has 0 aliphatic carbocycles. The SMILES string of the molecule is CCOc1ccc(C2CC(CCN)=NN2c2ccccc2)cc1. The van der Waals surface area contributed by atoms with E-state index in [1.165, 1.54) is 5.56 Å². The molecule has 1 aliphatic heterocycles. The van der Waals surface area contributed by atoms with Gasteiger partial charge in [-0.3, -0.25) is 5.01 Å². The highest BCUT2D eigenvalue weighted by molar-refractivity contribution is 5.89. The number of benzene rings is 2. The molecule has 120 valence electrons. The van der Waals surface area contributed by atoms with E-state index in [9.17, 15) is 0 Å². The van der Waals surface area contributed by atoms with Crippen molar-refractivity contribution in [2.45, 2.75) is 25.8 Å². The Morgan fingerprint density at radius 3 is 2.52 bits per heavy atom. The molecule has 1 heterocycles. The summed E-state index contributed by atoms with van der Waals surface area (Å²) in [5.74, 6) is 0.906. The summed E-state index contributed by atoms with van der Waals surface area (Å²) in [6.45, 7) is 3.31.